The van der Waals surface area contributed by atoms with Crippen LogP contribution in [0.4, 0.5) is 0 Å². The van der Waals surface area contributed by atoms with Gasteiger partial charge in [-0.05, 0) is 57.2 Å². The van der Waals surface area contributed by atoms with Crippen LogP contribution in [0.2, 0.25) is 0 Å². The molecule has 2 saturated heterocycles. The molecule has 2 aromatic rings. The van der Waals surface area contributed by atoms with Crippen LogP contribution in [-0.4, -0.2) is 84.8 Å². The van der Waals surface area contributed by atoms with Crippen LogP contribution < -0.4 is 16.1 Å². The summed E-state index contributed by atoms with van der Waals surface area (Å²) in [4.78, 5) is 58.7. The molecule has 4 atom stereocenters. The minimum atomic E-state index is -1.28. The van der Waals surface area contributed by atoms with E-state index >= 15 is 0 Å². The van der Waals surface area contributed by atoms with Gasteiger partial charge < -0.3 is 24.8 Å². The Hall–Kier alpha value is -3.87. The summed E-state index contributed by atoms with van der Waals surface area (Å²) in [5.74, 6) is -1.91. The molecular weight excluding hydrogens is 566 g/mol. The quantitative estimate of drug-likeness (QED) is 0.414. The molecule has 6 rings (SSSR count). The van der Waals surface area contributed by atoms with E-state index in [2.05, 4.69) is 16.1 Å². The molecule has 0 radical (unpaired) electrons. The number of amides is 3. The number of hydrogen-bond donors (Lipinski definition) is 3. The molecule has 5 bridgehead atoms. The number of carbonyl (C=O) groups excluding carboxylic acids is 4. The Morgan fingerprint density at radius 3 is 2.39 bits per heavy atom. The lowest BCUT2D eigenvalue weighted by atomic mass is 9.88. The highest BCUT2D eigenvalue weighted by Crippen LogP contribution is 2.37. The maximum absolute atomic E-state index is 13.9. The van der Waals surface area contributed by atoms with Crippen molar-refractivity contribution in [3.63, 3.8) is 0 Å². The molecule has 1 saturated carbocycles. The Morgan fingerprint density at radius 2 is 1.64 bits per heavy atom. The number of nitrogens with one attached hydrogen (secondary N) is 3. The third-order valence-electron chi connectivity index (χ3n) is 8.67. The summed E-state index contributed by atoms with van der Waals surface area (Å²) in [5.41, 5.74) is 3.98. The topological polar surface area (TPSA) is 148 Å². The number of ether oxygens (including phenoxy) is 3. The van der Waals surface area contributed by atoms with Gasteiger partial charge in [-0.15, -0.1) is 0 Å². The van der Waals surface area contributed by atoms with Crippen molar-refractivity contribution in [1.29, 1.82) is 0 Å². The van der Waals surface area contributed by atoms with E-state index in [4.69, 9.17) is 19.2 Å². The van der Waals surface area contributed by atoms with Gasteiger partial charge in [-0.1, -0.05) is 30.4 Å². The monoisotopic (exact) mass is 605 g/mol. The van der Waals surface area contributed by atoms with Gasteiger partial charge in [0.05, 0.1) is 43.7 Å². The predicted molar refractivity (Wildman–Crippen MR) is 159 cm³/mol. The molecule has 44 heavy (non-hydrogen) atoms. The zero-order valence-corrected chi connectivity index (χ0v) is 25.0. The van der Waals surface area contributed by atoms with Crippen LogP contribution in [0.25, 0.3) is 17.0 Å². The number of hydrogen-bond acceptors (Lipinski definition) is 9. The number of benzene rings is 1. The molecule has 3 amide bonds. The summed E-state index contributed by atoms with van der Waals surface area (Å²) in [6.07, 6.45) is 5.12. The van der Waals surface area contributed by atoms with Crippen molar-refractivity contribution < 1.29 is 33.4 Å². The zero-order chi connectivity index (χ0) is 30.8. The lowest BCUT2D eigenvalue weighted by molar-refractivity contribution is -0.169. The van der Waals surface area contributed by atoms with Crippen molar-refractivity contribution >= 4 is 40.7 Å². The van der Waals surface area contributed by atoms with Gasteiger partial charge >= 0.3 is 5.97 Å². The molecule has 1 aliphatic carbocycles. The third kappa shape index (κ3) is 6.47. The number of esters is 1. The van der Waals surface area contributed by atoms with Crippen molar-refractivity contribution in [2.75, 3.05) is 33.0 Å². The largest absolute Gasteiger partial charge is 0.451 e. The minimum absolute atomic E-state index is 0.0330. The summed E-state index contributed by atoms with van der Waals surface area (Å²) < 4.78 is 17.4. The van der Waals surface area contributed by atoms with E-state index in [9.17, 15) is 19.2 Å². The molecule has 1 aromatic carbocycles. The Balaban J connectivity index is 1.37. The molecular formula is C32H39N5O7. The molecule has 12 nitrogen and oxygen atoms in total. The van der Waals surface area contributed by atoms with Crippen molar-refractivity contribution in [2.45, 2.75) is 63.8 Å². The number of pyridine rings is 1. The number of cyclic esters (lactones) is 1. The second-order valence-corrected chi connectivity index (χ2v) is 12.2. The summed E-state index contributed by atoms with van der Waals surface area (Å²) in [6, 6.07) is 7.71. The van der Waals surface area contributed by atoms with Gasteiger partial charge in [0, 0.05) is 17.8 Å². The van der Waals surface area contributed by atoms with E-state index in [1.807, 2.05) is 43.3 Å². The van der Waals surface area contributed by atoms with Crippen molar-refractivity contribution in [2.24, 2.45) is 11.3 Å². The lowest BCUT2D eigenvalue weighted by Crippen LogP contribution is -2.61. The molecule has 1 spiro atoms. The van der Waals surface area contributed by atoms with Crippen molar-refractivity contribution in [3.05, 3.63) is 47.7 Å². The fraction of sp³-hybridized carbons (Fsp3) is 0.531. The highest BCUT2D eigenvalue weighted by molar-refractivity contribution is 5.92. The minimum Gasteiger partial charge on any atom is -0.451 e. The number of aromatic nitrogens is 1. The van der Waals surface area contributed by atoms with Gasteiger partial charge in [-0.3, -0.25) is 29.2 Å². The average Bonchev–Trinajstić information content (AvgIpc) is 3.89. The predicted octanol–water partition coefficient (Wildman–Crippen LogP) is 1.79. The first kappa shape index (κ1) is 30.2. The molecule has 3 N–H and O–H groups in total. The van der Waals surface area contributed by atoms with Gasteiger partial charge in [0.2, 0.25) is 5.91 Å². The Labute approximate surface area is 255 Å². The van der Waals surface area contributed by atoms with Gasteiger partial charge in [-0.25, -0.2) is 5.43 Å². The molecule has 234 valence electrons. The van der Waals surface area contributed by atoms with E-state index in [1.54, 1.807) is 13.0 Å². The highest BCUT2D eigenvalue weighted by Gasteiger charge is 2.46. The zero-order valence-electron chi connectivity index (χ0n) is 25.0. The van der Waals surface area contributed by atoms with E-state index in [0.717, 1.165) is 29.3 Å². The van der Waals surface area contributed by atoms with Gasteiger partial charge in [0.1, 0.15) is 17.5 Å². The van der Waals surface area contributed by atoms with Crippen LogP contribution in [-0.2, 0) is 33.4 Å². The summed E-state index contributed by atoms with van der Waals surface area (Å²) in [6.45, 7) is 4.57. The summed E-state index contributed by atoms with van der Waals surface area (Å²) in [7, 11) is 0. The van der Waals surface area contributed by atoms with Crippen LogP contribution in [0.3, 0.4) is 0 Å². The van der Waals surface area contributed by atoms with Crippen LogP contribution in [0.15, 0.2) is 36.4 Å². The third-order valence-corrected chi connectivity index (χ3v) is 8.67. The maximum atomic E-state index is 13.9. The number of carbonyl (C=O) groups is 4. The standard InChI is InChI=1S/C32H39N5O7/c1-19-24-10-9-22-6-5-21(16-26(22)35-24)11-12-32(17-42-14-15-43-18-32)31(41)44-27(23-7-8-23)29(39)34-20(2)30(40)37-13-3-4-25(36-37)28(38)33-19/h5-6,9-12,16,19-20,23,25,27,36H,3-4,7-8,13-15,17-18H2,1-2H3,(H,33,38)(H,34,39)/t19-,20+,25+,27+/m1/s1. The van der Waals surface area contributed by atoms with Crippen LogP contribution >= 0.6 is 0 Å². The number of hydrazine groups is 1. The Kier molecular flexibility index (Phi) is 8.66. The summed E-state index contributed by atoms with van der Waals surface area (Å²) >= 11 is 0. The maximum Gasteiger partial charge on any atom is 0.321 e. The van der Waals surface area contributed by atoms with E-state index < -0.39 is 35.5 Å². The second kappa shape index (κ2) is 12.6. The number of rotatable bonds is 1. The smallest absolute Gasteiger partial charge is 0.321 e. The van der Waals surface area contributed by atoms with Gasteiger partial charge in [-0.2, -0.15) is 0 Å². The summed E-state index contributed by atoms with van der Waals surface area (Å²) in [5, 5.41) is 8.09. The lowest BCUT2D eigenvalue weighted by Gasteiger charge is -2.35. The van der Waals surface area contributed by atoms with E-state index in [-0.39, 0.29) is 37.0 Å². The number of fused-ring (bicyclic) bond motifs is 4. The molecule has 3 fully saturated rings. The fourth-order valence-electron chi connectivity index (χ4n) is 5.81. The first-order valence-corrected chi connectivity index (χ1v) is 15.4. The van der Waals surface area contributed by atoms with Crippen LogP contribution in [0.1, 0.15) is 56.8 Å². The van der Waals surface area contributed by atoms with Gasteiger partial charge in [0.25, 0.3) is 11.8 Å². The SMILES string of the molecule is C[C@@H]1NC(=O)[C@H](C2CC2)OC(=O)C2(C=Cc3ccc4ccc(nc4c3)[C@@H](C)NC(=O)[C@@H]3CCCN(N3)C1=O)COCCOC2. The molecule has 4 aliphatic rings. The van der Waals surface area contributed by atoms with Crippen LogP contribution in [0, 0.1) is 11.3 Å². The average molecular weight is 606 g/mol. The second-order valence-electron chi connectivity index (χ2n) is 12.2. The molecule has 1 aromatic heterocycles. The van der Waals surface area contributed by atoms with E-state index in [1.165, 1.54) is 5.01 Å². The van der Waals surface area contributed by atoms with Crippen molar-refractivity contribution in [1.82, 2.24) is 26.1 Å². The molecule has 0 unspecified atom stereocenters. The molecule has 12 heteroatoms. The fourth-order valence-corrected chi connectivity index (χ4v) is 5.81. The Morgan fingerprint density at radius 1 is 0.909 bits per heavy atom. The Bertz CT molecular complexity index is 1470. The van der Waals surface area contributed by atoms with Crippen LogP contribution in [0.5, 0.6) is 0 Å². The van der Waals surface area contributed by atoms with Gasteiger partial charge in [0.15, 0.2) is 6.10 Å². The highest BCUT2D eigenvalue weighted by atomic mass is 16.6. The van der Waals surface area contributed by atoms with E-state index in [0.29, 0.717) is 38.3 Å². The normalized spacial score (nSPS) is 28.7. The first-order chi connectivity index (χ1) is 21.2. The molecule has 4 heterocycles. The number of nitrogens with zero attached hydrogens (tertiary/aromatic N) is 2. The van der Waals surface area contributed by atoms with Crippen molar-refractivity contribution in [3.8, 4) is 0 Å². The first-order valence-electron chi connectivity index (χ1n) is 15.4. The molecule has 3 aliphatic heterocycles.